The molecule has 0 aliphatic carbocycles. The number of aromatic nitrogens is 1. The Morgan fingerprint density at radius 1 is 1.19 bits per heavy atom. The molecule has 0 bridgehead atoms. The summed E-state index contributed by atoms with van der Waals surface area (Å²) in [7, 11) is 0. The van der Waals surface area contributed by atoms with Crippen molar-refractivity contribution in [2.75, 3.05) is 13.1 Å². The van der Waals surface area contributed by atoms with E-state index in [-0.39, 0.29) is 24.5 Å². The molecule has 0 saturated heterocycles. The molecule has 7 nitrogen and oxygen atoms in total. The third-order valence-corrected chi connectivity index (χ3v) is 6.58. The first-order chi connectivity index (χ1) is 16.9. The molecular formula is C29H33N3O4. The number of fused-ring (bicyclic) bond motifs is 1. The number of pyridine rings is 1. The molecule has 3 heterocycles. The molecule has 4 rings (SSSR count). The van der Waals surface area contributed by atoms with Crippen molar-refractivity contribution in [2.24, 2.45) is 0 Å². The molecule has 0 atom stereocenters. The summed E-state index contributed by atoms with van der Waals surface area (Å²) >= 11 is 0. The van der Waals surface area contributed by atoms with Gasteiger partial charge in [0.1, 0.15) is 5.60 Å². The van der Waals surface area contributed by atoms with Crippen LogP contribution >= 0.6 is 0 Å². The molecule has 0 radical (unpaired) electrons. The van der Waals surface area contributed by atoms with E-state index in [9.17, 15) is 14.4 Å². The number of imide groups is 1. The van der Waals surface area contributed by atoms with Gasteiger partial charge in [-0.05, 0) is 75.4 Å². The lowest BCUT2D eigenvalue weighted by molar-refractivity contribution is -0.134. The van der Waals surface area contributed by atoms with Gasteiger partial charge in [-0.15, -0.1) is 0 Å². The summed E-state index contributed by atoms with van der Waals surface area (Å²) in [6.07, 6.45) is 5.69. The Bertz CT molecular complexity index is 1250. The van der Waals surface area contributed by atoms with Gasteiger partial charge in [-0.25, -0.2) is 4.79 Å². The molecule has 36 heavy (non-hydrogen) atoms. The first kappa shape index (κ1) is 25.4. The molecule has 1 aromatic carbocycles. The highest BCUT2D eigenvalue weighted by Crippen LogP contribution is 2.37. The van der Waals surface area contributed by atoms with Gasteiger partial charge in [0.15, 0.2) is 0 Å². The second-order valence-electron chi connectivity index (χ2n) is 10.8. The smallest absolute Gasteiger partial charge is 0.410 e. The molecule has 7 heteroatoms. The van der Waals surface area contributed by atoms with Crippen molar-refractivity contribution >= 4 is 29.6 Å². The van der Waals surface area contributed by atoms with E-state index in [4.69, 9.17) is 4.74 Å². The van der Waals surface area contributed by atoms with Gasteiger partial charge in [-0.1, -0.05) is 36.9 Å². The quantitative estimate of drug-likeness (QED) is 0.553. The molecule has 3 amide bonds. The lowest BCUT2D eigenvalue weighted by Crippen LogP contribution is -2.51. The lowest BCUT2D eigenvalue weighted by atomic mass is 9.76. The monoisotopic (exact) mass is 487 g/mol. The molecule has 2 aliphatic heterocycles. The standard InChI is InChI=1S/C29H33N3O4/c1-7-19-8-10-22(30-17-19)18-32-25(33)23-16-21(9-11-24(23)29(5,6)26(32)34)20-12-14-31(15-13-20)27(35)36-28(2,3)4/h7-12,16-17H,1,13-15,18H2,2-6H3. The van der Waals surface area contributed by atoms with Crippen LogP contribution in [0.1, 0.15) is 73.8 Å². The summed E-state index contributed by atoms with van der Waals surface area (Å²) in [5, 5.41) is 0. The molecule has 188 valence electrons. The SMILES string of the molecule is C=Cc1ccc(CN2C(=O)c3cc(C4=CCN(C(=O)OC(C)(C)C)CC4)ccc3C(C)(C)C2=O)nc1. The van der Waals surface area contributed by atoms with Crippen LogP contribution in [0.3, 0.4) is 0 Å². The van der Waals surface area contributed by atoms with E-state index in [2.05, 4.69) is 11.6 Å². The van der Waals surface area contributed by atoms with Gasteiger partial charge in [-0.3, -0.25) is 19.5 Å². The fourth-order valence-corrected chi connectivity index (χ4v) is 4.54. The van der Waals surface area contributed by atoms with Crippen molar-refractivity contribution in [3.63, 3.8) is 0 Å². The Morgan fingerprint density at radius 2 is 1.94 bits per heavy atom. The minimum atomic E-state index is -0.850. The van der Waals surface area contributed by atoms with Crippen LogP contribution in [0.5, 0.6) is 0 Å². The largest absolute Gasteiger partial charge is 0.444 e. The zero-order valence-corrected chi connectivity index (χ0v) is 21.6. The van der Waals surface area contributed by atoms with E-state index in [0.29, 0.717) is 30.8 Å². The number of carbonyl (C=O) groups excluding carboxylic acids is 3. The topological polar surface area (TPSA) is 79.8 Å². The van der Waals surface area contributed by atoms with Gasteiger partial charge in [0.25, 0.3) is 5.91 Å². The Kier molecular flexibility index (Phi) is 6.60. The highest BCUT2D eigenvalue weighted by atomic mass is 16.6. The predicted octanol–water partition coefficient (Wildman–Crippen LogP) is 5.21. The fraction of sp³-hybridized carbons (Fsp3) is 0.379. The van der Waals surface area contributed by atoms with Gasteiger partial charge in [0.05, 0.1) is 17.7 Å². The molecule has 2 aromatic rings. The summed E-state index contributed by atoms with van der Waals surface area (Å²) in [5.74, 6) is -0.565. The minimum Gasteiger partial charge on any atom is -0.444 e. The summed E-state index contributed by atoms with van der Waals surface area (Å²) in [6.45, 7) is 14.1. The van der Waals surface area contributed by atoms with E-state index in [1.807, 2.05) is 65.0 Å². The van der Waals surface area contributed by atoms with Gasteiger partial charge < -0.3 is 9.64 Å². The van der Waals surface area contributed by atoms with Crippen LogP contribution in [0.4, 0.5) is 4.79 Å². The molecule has 2 aliphatic rings. The van der Waals surface area contributed by atoms with Crippen molar-refractivity contribution in [1.29, 1.82) is 0 Å². The summed E-state index contributed by atoms with van der Waals surface area (Å²) in [4.78, 5) is 46.6. The molecule has 0 unspecified atom stereocenters. The second-order valence-corrected chi connectivity index (χ2v) is 10.8. The fourth-order valence-electron chi connectivity index (χ4n) is 4.54. The molecule has 0 N–H and O–H groups in total. The summed E-state index contributed by atoms with van der Waals surface area (Å²) < 4.78 is 5.48. The van der Waals surface area contributed by atoms with Crippen molar-refractivity contribution < 1.29 is 19.1 Å². The number of ether oxygens (including phenoxy) is 1. The zero-order chi connectivity index (χ0) is 26.3. The van der Waals surface area contributed by atoms with Crippen molar-refractivity contribution in [1.82, 2.24) is 14.8 Å². The third kappa shape index (κ3) is 4.96. The predicted molar refractivity (Wildman–Crippen MR) is 139 cm³/mol. The van der Waals surface area contributed by atoms with Gasteiger partial charge in [0, 0.05) is 24.8 Å². The highest BCUT2D eigenvalue weighted by molar-refractivity contribution is 6.13. The normalized spacial score (nSPS) is 17.4. The second kappa shape index (κ2) is 9.37. The Hall–Kier alpha value is -3.74. The summed E-state index contributed by atoms with van der Waals surface area (Å²) in [6, 6.07) is 9.39. The average molecular weight is 488 g/mol. The first-order valence-electron chi connectivity index (χ1n) is 12.2. The number of rotatable bonds is 4. The van der Waals surface area contributed by atoms with Crippen LogP contribution in [0.25, 0.3) is 11.6 Å². The molecule has 1 aromatic heterocycles. The van der Waals surface area contributed by atoms with Crippen LogP contribution in [-0.4, -0.2) is 51.4 Å². The van der Waals surface area contributed by atoms with Crippen molar-refractivity contribution in [2.45, 2.75) is 58.6 Å². The van der Waals surface area contributed by atoms with E-state index < -0.39 is 11.0 Å². The number of amides is 3. The third-order valence-electron chi connectivity index (χ3n) is 6.58. The van der Waals surface area contributed by atoms with Crippen molar-refractivity contribution in [3.8, 4) is 0 Å². The van der Waals surface area contributed by atoms with E-state index in [1.54, 1.807) is 23.2 Å². The average Bonchev–Trinajstić information content (AvgIpc) is 2.85. The van der Waals surface area contributed by atoms with Gasteiger partial charge >= 0.3 is 6.09 Å². The Balaban J connectivity index is 1.59. The van der Waals surface area contributed by atoms with Gasteiger partial charge in [-0.2, -0.15) is 0 Å². The number of benzene rings is 1. The van der Waals surface area contributed by atoms with E-state index in [1.165, 1.54) is 4.90 Å². The maximum Gasteiger partial charge on any atom is 0.410 e. The van der Waals surface area contributed by atoms with Gasteiger partial charge in [0.2, 0.25) is 5.91 Å². The van der Waals surface area contributed by atoms with Crippen molar-refractivity contribution in [3.05, 3.63) is 77.1 Å². The number of hydrogen-bond acceptors (Lipinski definition) is 5. The number of hydrogen-bond donors (Lipinski definition) is 0. The van der Waals surface area contributed by atoms with Crippen LogP contribution in [0.15, 0.2) is 49.2 Å². The zero-order valence-electron chi connectivity index (χ0n) is 21.6. The molecule has 0 fully saturated rings. The maximum absolute atomic E-state index is 13.5. The first-order valence-corrected chi connectivity index (χ1v) is 12.2. The Morgan fingerprint density at radius 3 is 2.53 bits per heavy atom. The highest BCUT2D eigenvalue weighted by Gasteiger charge is 2.44. The van der Waals surface area contributed by atoms with E-state index >= 15 is 0 Å². The lowest BCUT2D eigenvalue weighted by Gasteiger charge is -2.37. The summed E-state index contributed by atoms with van der Waals surface area (Å²) in [5.41, 5.74) is 3.34. The maximum atomic E-state index is 13.5. The minimum absolute atomic E-state index is 0.107. The Labute approximate surface area is 212 Å². The van der Waals surface area contributed by atoms with Crippen LogP contribution in [0.2, 0.25) is 0 Å². The molecular weight excluding hydrogens is 454 g/mol. The van der Waals surface area contributed by atoms with Crippen LogP contribution < -0.4 is 0 Å². The van der Waals surface area contributed by atoms with E-state index in [0.717, 1.165) is 22.3 Å². The van der Waals surface area contributed by atoms with Crippen LogP contribution in [-0.2, 0) is 21.5 Å². The van der Waals surface area contributed by atoms with Crippen LogP contribution in [0, 0.1) is 0 Å². The molecule has 0 saturated carbocycles. The molecule has 0 spiro atoms. The number of carbonyl (C=O) groups is 3. The number of nitrogens with zero attached hydrogens (tertiary/aromatic N) is 3.